The maximum Gasteiger partial charge on any atom is 0.416 e. The number of hydrogen-bond donors (Lipinski definition) is 7. The van der Waals surface area contributed by atoms with Crippen molar-refractivity contribution >= 4 is 62.8 Å². The van der Waals surface area contributed by atoms with Crippen LogP contribution in [0.15, 0.2) is 131 Å². The van der Waals surface area contributed by atoms with Crippen molar-refractivity contribution in [3.63, 3.8) is 0 Å². The van der Waals surface area contributed by atoms with Crippen molar-refractivity contribution in [2.24, 2.45) is 0 Å². The largest absolute Gasteiger partial charge is 0.481 e. The van der Waals surface area contributed by atoms with Crippen LogP contribution in [0.25, 0.3) is 0 Å². The number of nitrogens with one attached hydrogen (secondary N) is 6. The minimum atomic E-state index is -4.72. The molecular weight excluding hydrogens is 1030 g/mol. The summed E-state index contributed by atoms with van der Waals surface area (Å²) in [4.78, 5) is 64.9. The Hall–Kier alpha value is -8.39. The number of amides is 6. The number of sulfone groups is 1. The number of hydrogen-bond acceptors (Lipinski definition) is 12. The smallest absolute Gasteiger partial charge is 0.416 e. The van der Waals surface area contributed by atoms with E-state index in [9.17, 15) is 53.9 Å². The second-order valence-corrected chi connectivity index (χ2v) is 17.8. The maximum atomic E-state index is 13.0. The Morgan fingerprint density at radius 1 is 0.595 bits per heavy atom. The Morgan fingerprint density at radius 3 is 1.36 bits per heavy atom. The van der Waals surface area contributed by atoms with Gasteiger partial charge < -0.3 is 46.5 Å². The van der Waals surface area contributed by atoms with Crippen LogP contribution in [0.3, 0.4) is 0 Å². The van der Waals surface area contributed by atoms with Gasteiger partial charge in [0.05, 0.1) is 27.4 Å². The van der Waals surface area contributed by atoms with Crippen LogP contribution < -0.4 is 41.4 Å². The molecule has 0 fully saturated rings. The van der Waals surface area contributed by atoms with Crippen molar-refractivity contribution < 1.29 is 73.3 Å². The molecule has 0 saturated carbocycles. The minimum absolute atomic E-state index is 0.00460. The fourth-order valence-corrected chi connectivity index (χ4v) is 7.24. The van der Waals surface area contributed by atoms with Gasteiger partial charge in [0.1, 0.15) is 34.4 Å². The van der Waals surface area contributed by atoms with Gasteiger partial charge in [0.15, 0.2) is 9.84 Å². The van der Waals surface area contributed by atoms with E-state index in [2.05, 4.69) is 41.9 Å². The topological polar surface area (TPSA) is 256 Å². The molecule has 0 aliphatic carbocycles. The molecule has 18 nitrogen and oxygen atoms in total. The van der Waals surface area contributed by atoms with E-state index >= 15 is 0 Å². The number of carboxylic acid groups (broad SMARTS) is 1. The number of benzene rings is 4. The van der Waals surface area contributed by atoms with Crippen LogP contribution >= 0.6 is 11.8 Å². The third-order valence-electron chi connectivity index (χ3n) is 9.34. The standard InChI is InChI=1S/C23H21F3N4O5S.C23H21F3N4O3S.C2H4O2/c1-27-21(31)19-12-17(9-10-28-19)35-16-6-3-14(4-7-16)13-29-22(32)30-18-11-15(23(24,25)26)5-8-20(18)36(2,33)34;1-27-21(31)19-12-17(9-10-28-19)33-16-6-3-14(4-7-16)13-29-22(32)30-18-11-15(23(24,25)26)5-8-20(18)34-2;1-2(3)4/h3-12H,13H2,1-2H3,(H,27,31)(H2,29,30,32);3-12H,13H2,1-2H3,(H,27,31)(H2,29,30,32);1H3,(H,3,4). The van der Waals surface area contributed by atoms with Gasteiger partial charge in [0.2, 0.25) is 0 Å². The van der Waals surface area contributed by atoms with E-state index in [1.165, 1.54) is 56.5 Å². The average Bonchev–Trinajstić information content (AvgIpc) is 3.34. The number of urea groups is 2. The molecule has 0 radical (unpaired) electrons. The van der Waals surface area contributed by atoms with Gasteiger partial charge >= 0.3 is 24.4 Å². The number of anilines is 2. The minimum Gasteiger partial charge on any atom is -0.481 e. The number of pyridine rings is 2. The number of carbonyl (C=O) groups is 5. The van der Waals surface area contributed by atoms with Crippen LogP contribution in [0.2, 0.25) is 0 Å². The van der Waals surface area contributed by atoms with E-state index in [4.69, 9.17) is 19.4 Å². The molecule has 0 unspecified atom stereocenters. The number of halogens is 6. The Morgan fingerprint density at radius 2 is 0.986 bits per heavy atom. The van der Waals surface area contributed by atoms with E-state index in [0.29, 0.717) is 45.6 Å². The number of carboxylic acids is 1. The molecule has 2 aromatic heterocycles. The van der Waals surface area contributed by atoms with Crippen molar-refractivity contribution in [1.82, 2.24) is 31.2 Å². The van der Waals surface area contributed by atoms with Crippen LogP contribution in [0.5, 0.6) is 23.0 Å². The Balaban J connectivity index is 0.000000299. The van der Waals surface area contributed by atoms with Crippen molar-refractivity contribution in [2.45, 2.75) is 42.2 Å². The Kier molecular flexibility index (Phi) is 20.7. The van der Waals surface area contributed by atoms with Crippen LogP contribution in [0.4, 0.5) is 47.3 Å². The molecule has 7 N–H and O–H groups in total. The molecule has 0 aliphatic heterocycles. The summed E-state index contributed by atoms with van der Waals surface area (Å²) in [6.45, 7) is 1.23. The first-order valence-corrected chi connectivity index (χ1v) is 24.3. The average molecular weight is 1070 g/mol. The summed E-state index contributed by atoms with van der Waals surface area (Å²) < 4.78 is 113. The summed E-state index contributed by atoms with van der Waals surface area (Å²) in [7, 11) is -0.911. The zero-order valence-electron chi connectivity index (χ0n) is 39.6. The van der Waals surface area contributed by atoms with Crippen molar-refractivity contribution in [3.05, 3.63) is 155 Å². The lowest BCUT2D eigenvalue weighted by Crippen LogP contribution is -2.29. The summed E-state index contributed by atoms with van der Waals surface area (Å²) in [6.07, 6.45) is -3.80. The van der Waals surface area contributed by atoms with Gasteiger partial charge in [-0.3, -0.25) is 24.4 Å². The maximum absolute atomic E-state index is 13.0. The predicted octanol–water partition coefficient (Wildman–Crippen LogP) is 9.36. The van der Waals surface area contributed by atoms with Gasteiger partial charge in [0, 0.05) is 69.8 Å². The SMILES string of the molecule is CC(=O)O.CNC(=O)c1cc(Oc2ccc(CNC(=O)Nc3cc(C(F)(F)F)ccc3S(C)(=O)=O)cc2)ccn1.CNC(=O)c1cc(Oc2ccc(CNC(=O)Nc3cc(C(F)(F)F)ccc3SC)cc2)ccn1. The highest BCUT2D eigenvalue weighted by molar-refractivity contribution is 7.98. The number of nitrogens with zero attached hydrogens (tertiary/aromatic N) is 2. The molecule has 6 aromatic rings. The molecule has 392 valence electrons. The number of aliphatic carboxylic acids is 1. The number of ether oxygens (including phenoxy) is 2. The van der Waals surface area contributed by atoms with E-state index in [-0.39, 0.29) is 42.0 Å². The summed E-state index contributed by atoms with van der Waals surface area (Å²) in [6, 6.07) is 23.2. The molecule has 26 heteroatoms. The number of carbonyl (C=O) groups excluding carboxylic acids is 4. The number of alkyl halides is 6. The first-order valence-electron chi connectivity index (χ1n) is 21.1. The molecule has 0 bridgehead atoms. The number of rotatable bonds is 14. The van der Waals surface area contributed by atoms with Gasteiger partial charge in [-0.15, -0.1) is 11.8 Å². The predicted molar refractivity (Wildman–Crippen MR) is 261 cm³/mol. The van der Waals surface area contributed by atoms with Gasteiger partial charge in [-0.2, -0.15) is 26.3 Å². The lowest BCUT2D eigenvalue weighted by Gasteiger charge is -2.14. The third-order valence-corrected chi connectivity index (χ3v) is 11.3. The lowest BCUT2D eigenvalue weighted by atomic mass is 10.2. The Bertz CT molecular complexity index is 3050. The Labute approximate surface area is 423 Å². The number of thioether (sulfide) groups is 1. The molecule has 74 heavy (non-hydrogen) atoms. The quantitative estimate of drug-likeness (QED) is 0.0397. The van der Waals surface area contributed by atoms with Gasteiger partial charge in [-0.1, -0.05) is 24.3 Å². The first kappa shape index (κ1) is 58.2. The lowest BCUT2D eigenvalue weighted by molar-refractivity contribution is -0.138. The highest BCUT2D eigenvalue weighted by atomic mass is 32.2. The summed E-state index contributed by atoms with van der Waals surface area (Å²) in [5, 5.41) is 22.1. The highest BCUT2D eigenvalue weighted by Gasteiger charge is 2.33. The third kappa shape index (κ3) is 18.7. The van der Waals surface area contributed by atoms with Gasteiger partial charge in [-0.05, 0) is 90.2 Å². The second kappa shape index (κ2) is 26.3. The molecule has 0 atom stereocenters. The molecule has 4 aromatic carbocycles. The molecule has 0 saturated heterocycles. The molecular formula is C48H46F6N8O10S2. The van der Waals surface area contributed by atoms with Crippen molar-refractivity contribution in [1.29, 1.82) is 0 Å². The normalized spacial score (nSPS) is 11.0. The fraction of sp³-hybridized carbons (Fsp3) is 0.188. The molecule has 2 heterocycles. The molecule has 0 aliphatic rings. The fourth-order valence-electron chi connectivity index (χ4n) is 5.88. The van der Waals surface area contributed by atoms with E-state index in [1.54, 1.807) is 66.9 Å². The molecule has 0 spiro atoms. The van der Waals surface area contributed by atoms with Crippen LogP contribution in [0, 0.1) is 0 Å². The second-order valence-electron chi connectivity index (χ2n) is 14.9. The van der Waals surface area contributed by atoms with Crippen LogP contribution in [-0.4, -0.2) is 79.9 Å². The van der Waals surface area contributed by atoms with E-state index in [0.717, 1.165) is 36.9 Å². The van der Waals surface area contributed by atoms with E-state index in [1.807, 2.05) is 0 Å². The first-order chi connectivity index (χ1) is 34.8. The molecule has 6 rings (SSSR count). The van der Waals surface area contributed by atoms with Gasteiger partial charge in [0.25, 0.3) is 17.8 Å². The van der Waals surface area contributed by atoms with Crippen LogP contribution in [0.1, 0.15) is 50.2 Å². The zero-order chi connectivity index (χ0) is 54.8. The summed E-state index contributed by atoms with van der Waals surface area (Å²) in [5.41, 5.74) is -0.564. The van der Waals surface area contributed by atoms with Crippen molar-refractivity contribution in [3.8, 4) is 23.0 Å². The highest BCUT2D eigenvalue weighted by Crippen LogP contribution is 2.36. The zero-order valence-corrected chi connectivity index (χ0v) is 41.2. The van der Waals surface area contributed by atoms with Crippen molar-refractivity contribution in [2.75, 3.05) is 37.2 Å². The van der Waals surface area contributed by atoms with Gasteiger partial charge in [-0.25, -0.2) is 18.0 Å². The monoisotopic (exact) mass is 1070 g/mol. The van der Waals surface area contributed by atoms with E-state index < -0.39 is 61.9 Å². The number of aromatic nitrogens is 2. The summed E-state index contributed by atoms with van der Waals surface area (Å²) in [5.74, 6) is 0.241. The van der Waals surface area contributed by atoms with Crippen LogP contribution in [-0.2, 0) is 40.1 Å². The molecule has 6 amide bonds. The summed E-state index contributed by atoms with van der Waals surface area (Å²) >= 11 is 1.23.